The average Bonchev–Trinajstić information content (AvgIpc) is 2.58. The summed E-state index contributed by atoms with van der Waals surface area (Å²) < 4.78 is 5.20. The number of rotatable bonds is 7. The van der Waals surface area contributed by atoms with Crippen molar-refractivity contribution in [3.63, 3.8) is 0 Å². The highest BCUT2D eigenvalue weighted by Crippen LogP contribution is 2.24. The van der Waals surface area contributed by atoms with Gasteiger partial charge >= 0.3 is 0 Å². The van der Waals surface area contributed by atoms with Crippen LogP contribution < -0.4 is 9.64 Å². The van der Waals surface area contributed by atoms with E-state index in [0.717, 1.165) is 16.3 Å². The fourth-order valence-corrected chi connectivity index (χ4v) is 2.82. The van der Waals surface area contributed by atoms with Gasteiger partial charge in [-0.25, -0.2) is 0 Å². The summed E-state index contributed by atoms with van der Waals surface area (Å²) in [6.07, 6.45) is 1.74. The Hall–Kier alpha value is -2.20. The number of amides is 1. The van der Waals surface area contributed by atoms with E-state index in [1.165, 1.54) is 11.8 Å². The third kappa shape index (κ3) is 4.40. The number of para-hydroxylation sites is 1. The molecule has 4 heteroatoms. The predicted molar refractivity (Wildman–Crippen MR) is 92.7 cm³/mol. The van der Waals surface area contributed by atoms with Crippen molar-refractivity contribution < 1.29 is 9.53 Å². The fraction of sp³-hybridized carbons (Fsp3) is 0.167. The Morgan fingerprint density at radius 1 is 1.23 bits per heavy atom. The van der Waals surface area contributed by atoms with Crippen LogP contribution in [0.3, 0.4) is 0 Å². The van der Waals surface area contributed by atoms with E-state index >= 15 is 0 Å². The van der Waals surface area contributed by atoms with Gasteiger partial charge in [0.25, 0.3) is 0 Å². The SMILES string of the molecule is C=CCN(C(=O)CSc1cccc(OC)c1)c1ccccc1. The lowest BCUT2D eigenvalue weighted by Gasteiger charge is -2.21. The molecule has 0 aromatic heterocycles. The average molecular weight is 313 g/mol. The van der Waals surface area contributed by atoms with Gasteiger partial charge in [-0.1, -0.05) is 30.3 Å². The molecule has 0 aliphatic rings. The number of carbonyl (C=O) groups is 1. The smallest absolute Gasteiger partial charge is 0.237 e. The molecule has 0 N–H and O–H groups in total. The number of hydrogen-bond acceptors (Lipinski definition) is 3. The van der Waals surface area contributed by atoms with Gasteiger partial charge in [0.05, 0.1) is 12.9 Å². The second-order valence-corrected chi connectivity index (χ2v) is 5.64. The van der Waals surface area contributed by atoms with Gasteiger partial charge < -0.3 is 9.64 Å². The molecule has 0 atom stereocenters. The molecular formula is C18H19NO2S. The van der Waals surface area contributed by atoms with Gasteiger partial charge in [-0.2, -0.15) is 0 Å². The summed E-state index contributed by atoms with van der Waals surface area (Å²) in [5.41, 5.74) is 0.888. The molecule has 22 heavy (non-hydrogen) atoms. The molecular weight excluding hydrogens is 294 g/mol. The van der Waals surface area contributed by atoms with E-state index in [1.54, 1.807) is 18.1 Å². The largest absolute Gasteiger partial charge is 0.497 e. The molecule has 3 nitrogen and oxygen atoms in total. The van der Waals surface area contributed by atoms with Gasteiger partial charge in [-0.15, -0.1) is 18.3 Å². The summed E-state index contributed by atoms with van der Waals surface area (Å²) in [4.78, 5) is 15.2. The van der Waals surface area contributed by atoms with Crippen LogP contribution in [0.4, 0.5) is 5.69 Å². The van der Waals surface area contributed by atoms with E-state index in [-0.39, 0.29) is 5.91 Å². The normalized spacial score (nSPS) is 10.0. The van der Waals surface area contributed by atoms with Gasteiger partial charge in [-0.05, 0) is 30.3 Å². The molecule has 114 valence electrons. The lowest BCUT2D eigenvalue weighted by atomic mass is 10.3. The molecule has 2 rings (SSSR count). The third-order valence-electron chi connectivity index (χ3n) is 3.08. The molecule has 0 saturated carbocycles. The second kappa shape index (κ2) is 8.29. The summed E-state index contributed by atoms with van der Waals surface area (Å²) in [7, 11) is 1.64. The Morgan fingerprint density at radius 3 is 2.68 bits per heavy atom. The van der Waals surface area contributed by atoms with Crippen molar-refractivity contribution in [1.29, 1.82) is 0 Å². The van der Waals surface area contributed by atoms with Crippen molar-refractivity contribution in [1.82, 2.24) is 0 Å². The number of thioether (sulfide) groups is 1. The Labute approximate surface area is 135 Å². The van der Waals surface area contributed by atoms with Gasteiger partial charge in [0.2, 0.25) is 5.91 Å². The topological polar surface area (TPSA) is 29.5 Å². The molecule has 2 aromatic carbocycles. The summed E-state index contributed by atoms with van der Waals surface area (Å²) in [5.74, 6) is 1.22. The van der Waals surface area contributed by atoms with Crippen LogP contribution in [0.25, 0.3) is 0 Å². The van der Waals surface area contributed by atoms with E-state index in [2.05, 4.69) is 6.58 Å². The molecule has 1 amide bonds. The van der Waals surface area contributed by atoms with Crippen LogP contribution in [0.5, 0.6) is 5.75 Å². The van der Waals surface area contributed by atoms with Gasteiger partial charge in [0.15, 0.2) is 0 Å². The van der Waals surface area contributed by atoms with E-state index in [4.69, 9.17) is 4.74 Å². The summed E-state index contributed by atoms with van der Waals surface area (Å²) >= 11 is 1.50. The lowest BCUT2D eigenvalue weighted by molar-refractivity contribution is -0.116. The fourth-order valence-electron chi connectivity index (χ4n) is 2.00. The zero-order chi connectivity index (χ0) is 15.8. The van der Waals surface area contributed by atoms with Gasteiger partial charge in [-0.3, -0.25) is 4.79 Å². The lowest BCUT2D eigenvalue weighted by Crippen LogP contribution is -2.32. The number of hydrogen-bond donors (Lipinski definition) is 0. The Morgan fingerprint density at radius 2 is 2.00 bits per heavy atom. The number of nitrogens with zero attached hydrogens (tertiary/aromatic N) is 1. The summed E-state index contributed by atoms with van der Waals surface area (Å²) in [6.45, 7) is 4.23. The molecule has 0 spiro atoms. The number of benzene rings is 2. The Bertz CT molecular complexity index is 628. The highest BCUT2D eigenvalue weighted by Gasteiger charge is 2.14. The molecule has 0 radical (unpaired) electrons. The van der Waals surface area contributed by atoms with Crippen LogP contribution >= 0.6 is 11.8 Å². The minimum atomic E-state index is 0.0546. The Kier molecular flexibility index (Phi) is 6.10. The van der Waals surface area contributed by atoms with Crippen molar-refractivity contribution in [2.24, 2.45) is 0 Å². The first-order valence-corrected chi connectivity index (χ1v) is 7.96. The van der Waals surface area contributed by atoms with E-state index in [9.17, 15) is 4.79 Å². The molecule has 0 aliphatic carbocycles. The van der Waals surface area contributed by atoms with Crippen molar-refractivity contribution in [3.05, 3.63) is 67.3 Å². The first-order valence-electron chi connectivity index (χ1n) is 6.97. The van der Waals surface area contributed by atoms with Gasteiger partial charge in [0.1, 0.15) is 5.75 Å². The summed E-state index contributed by atoms with van der Waals surface area (Å²) in [6, 6.07) is 17.4. The van der Waals surface area contributed by atoms with E-state index < -0.39 is 0 Å². The second-order valence-electron chi connectivity index (χ2n) is 4.60. The zero-order valence-electron chi connectivity index (χ0n) is 12.6. The van der Waals surface area contributed by atoms with Crippen LogP contribution in [-0.4, -0.2) is 25.3 Å². The van der Waals surface area contributed by atoms with Crippen LogP contribution in [0, 0.1) is 0 Å². The van der Waals surface area contributed by atoms with Crippen LogP contribution in [0.1, 0.15) is 0 Å². The Balaban J connectivity index is 2.03. The minimum absolute atomic E-state index is 0.0546. The molecule has 0 saturated heterocycles. The maximum atomic E-state index is 12.5. The number of anilines is 1. The van der Waals surface area contributed by atoms with Crippen molar-refractivity contribution in [3.8, 4) is 5.75 Å². The quantitative estimate of drug-likeness (QED) is 0.571. The first kappa shape index (κ1) is 16.2. The maximum Gasteiger partial charge on any atom is 0.237 e. The number of ether oxygens (including phenoxy) is 1. The molecule has 2 aromatic rings. The molecule has 0 aliphatic heterocycles. The first-order chi connectivity index (χ1) is 10.7. The van der Waals surface area contributed by atoms with Gasteiger partial charge in [0, 0.05) is 17.1 Å². The van der Waals surface area contributed by atoms with Crippen molar-refractivity contribution in [2.45, 2.75) is 4.90 Å². The standard InChI is InChI=1S/C18H19NO2S/c1-3-12-19(15-8-5-4-6-9-15)18(20)14-22-17-11-7-10-16(13-17)21-2/h3-11,13H,1,12,14H2,2H3. The van der Waals surface area contributed by atoms with Crippen molar-refractivity contribution in [2.75, 3.05) is 24.3 Å². The zero-order valence-corrected chi connectivity index (χ0v) is 13.4. The highest BCUT2D eigenvalue weighted by molar-refractivity contribution is 8.00. The maximum absolute atomic E-state index is 12.5. The monoisotopic (exact) mass is 313 g/mol. The molecule has 0 bridgehead atoms. The predicted octanol–water partition coefficient (Wildman–Crippen LogP) is 4.01. The van der Waals surface area contributed by atoms with Crippen LogP contribution in [0.15, 0.2) is 72.1 Å². The van der Waals surface area contributed by atoms with E-state index in [0.29, 0.717) is 12.3 Å². The molecule has 0 fully saturated rings. The van der Waals surface area contributed by atoms with Crippen LogP contribution in [-0.2, 0) is 4.79 Å². The molecule has 0 unspecified atom stereocenters. The molecule has 0 heterocycles. The summed E-state index contributed by atoms with van der Waals surface area (Å²) in [5, 5.41) is 0. The number of methoxy groups -OCH3 is 1. The van der Waals surface area contributed by atoms with E-state index in [1.807, 2.05) is 54.6 Å². The van der Waals surface area contributed by atoms with Crippen LogP contribution in [0.2, 0.25) is 0 Å². The van der Waals surface area contributed by atoms with Crippen molar-refractivity contribution >= 4 is 23.4 Å². The highest BCUT2D eigenvalue weighted by atomic mass is 32.2. The third-order valence-corrected chi connectivity index (χ3v) is 4.06. The number of carbonyl (C=O) groups excluding carboxylic acids is 1. The minimum Gasteiger partial charge on any atom is -0.497 e.